The molecule has 4 heteroatoms. The summed E-state index contributed by atoms with van der Waals surface area (Å²) >= 11 is 3.45. The van der Waals surface area contributed by atoms with E-state index in [4.69, 9.17) is 5.73 Å². The zero-order valence-corrected chi connectivity index (χ0v) is 10.9. The van der Waals surface area contributed by atoms with Crippen molar-refractivity contribution in [3.63, 3.8) is 0 Å². The SMILES string of the molecule is Cc1ccc(Br)c(Nc2ccc(F)cc2N)c1. The van der Waals surface area contributed by atoms with Gasteiger partial charge in [0.05, 0.1) is 17.1 Å². The molecule has 0 saturated carbocycles. The predicted octanol–water partition coefficient (Wildman–Crippen LogP) is 4.22. The van der Waals surface area contributed by atoms with Gasteiger partial charge in [0.1, 0.15) is 5.82 Å². The molecule has 0 unspecified atom stereocenters. The van der Waals surface area contributed by atoms with Gasteiger partial charge in [-0.1, -0.05) is 6.07 Å². The van der Waals surface area contributed by atoms with E-state index in [-0.39, 0.29) is 5.82 Å². The fourth-order valence-corrected chi connectivity index (χ4v) is 1.87. The monoisotopic (exact) mass is 294 g/mol. The lowest BCUT2D eigenvalue weighted by Crippen LogP contribution is -1.97. The van der Waals surface area contributed by atoms with Crippen LogP contribution in [0.1, 0.15) is 5.56 Å². The summed E-state index contributed by atoms with van der Waals surface area (Å²) in [5.74, 6) is -0.337. The molecule has 17 heavy (non-hydrogen) atoms. The van der Waals surface area contributed by atoms with Crippen LogP contribution in [0.2, 0.25) is 0 Å². The molecule has 0 heterocycles. The molecular weight excluding hydrogens is 283 g/mol. The Hall–Kier alpha value is -1.55. The first-order chi connectivity index (χ1) is 8.06. The number of nitrogen functional groups attached to an aromatic ring is 1. The van der Waals surface area contributed by atoms with Gasteiger partial charge in [-0.05, 0) is 58.7 Å². The number of benzene rings is 2. The second-order valence-electron chi connectivity index (χ2n) is 3.84. The van der Waals surface area contributed by atoms with Crippen molar-refractivity contribution in [2.24, 2.45) is 0 Å². The molecule has 0 spiro atoms. The number of hydrogen-bond acceptors (Lipinski definition) is 2. The second kappa shape index (κ2) is 4.75. The highest BCUT2D eigenvalue weighted by Crippen LogP contribution is 2.29. The molecule has 0 atom stereocenters. The zero-order valence-electron chi connectivity index (χ0n) is 9.30. The minimum absolute atomic E-state index is 0.337. The Labute approximate surface area is 108 Å². The third kappa shape index (κ3) is 2.77. The Balaban J connectivity index is 2.34. The normalized spacial score (nSPS) is 10.3. The van der Waals surface area contributed by atoms with Crippen LogP contribution in [0.3, 0.4) is 0 Å². The first-order valence-electron chi connectivity index (χ1n) is 5.14. The topological polar surface area (TPSA) is 38.0 Å². The van der Waals surface area contributed by atoms with E-state index in [1.807, 2.05) is 25.1 Å². The van der Waals surface area contributed by atoms with Crippen molar-refractivity contribution in [1.82, 2.24) is 0 Å². The first-order valence-corrected chi connectivity index (χ1v) is 5.94. The number of nitrogens with one attached hydrogen (secondary N) is 1. The fourth-order valence-electron chi connectivity index (χ4n) is 1.53. The summed E-state index contributed by atoms with van der Waals surface area (Å²) in [6, 6.07) is 10.3. The molecule has 0 amide bonds. The minimum atomic E-state index is -0.337. The third-order valence-corrected chi connectivity index (χ3v) is 3.10. The van der Waals surface area contributed by atoms with E-state index in [1.165, 1.54) is 12.1 Å². The summed E-state index contributed by atoms with van der Waals surface area (Å²) in [5, 5.41) is 3.17. The van der Waals surface area contributed by atoms with Crippen molar-refractivity contribution < 1.29 is 4.39 Å². The molecule has 0 aliphatic carbocycles. The smallest absolute Gasteiger partial charge is 0.125 e. The molecule has 2 aromatic rings. The van der Waals surface area contributed by atoms with E-state index in [0.717, 1.165) is 15.7 Å². The van der Waals surface area contributed by atoms with Crippen LogP contribution in [0.5, 0.6) is 0 Å². The van der Waals surface area contributed by atoms with Crippen LogP contribution >= 0.6 is 15.9 Å². The van der Waals surface area contributed by atoms with E-state index in [0.29, 0.717) is 11.4 Å². The van der Waals surface area contributed by atoms with Crippen molar-refractivity contribution in [2.45, 2.75) is 6.92 Å². The minimum Gasteiger partial charge on any atom is -0.397 e. The largest absolute Gasteiger partial charge is 0.397 e. The van der Waals surface area contributed by atoms with Crippen LogP contribution in [0, 0.1) is 12.7 Å². The maximum atomic E-state index is 12.9. The Morgan fingerprint density at radius 2 is 1.88 bits per heavy atom. The maximum Gasteiger partial charge on any atom is 0.125 e. The van der Waals surface area contributed by atoms with Gasteiger partial charge in [-0.3, -0.25) is 0 Å². The van der Waals surface area contributed by atoms with E-state index >= 15 is 0 Å². The molecule has 3 N–H and O–H groups in total. The lowest BCUT2D eigenvalue weighted by molar-refractivity contribution is 0.628. The van der Waals surface area contributed by atoms with Crippen LogP contribution in [-0.2, 0) is 0 Å². The Bertz CT molecular complexity index is 555. The van der Waals surface area contributed by atoms with Crippen molar-refractivity contribution >= 4 is 33.0 Å². The molecule has 0 aromatic heterocycles. The second-order valence-corrected chi connectivity index (χ2v) is 4.69. The average molecular weight is 295 g/mol. The van der Waals surface area contributed by atoms with Gasteiger partial charge < -0.3 is 11.1 Å². The molecular formula is C13H12BrFN2. The van der Waals surface area contributed by atoms with Crippen molar-refractivity contribution in [1.29, 1.82) is 0 Å². The predicted molar refractivity (Wildman–Crippen MR) is 73.0 cm³/mol. The molecule has 0 aliphatic rings. The molecule has 88 valence electrons. The molecule has 0 saturated heterocycles. The lowest BCUT2D eigenvalue weighted by Gasteiger charge is -2.11. The zero-order chi connectivity index (χ0) is 12.4. The summed E-state index contributed by atoms with van der Waals surface area (Å²) in [6.07, 6.45) is 0. The van der Waals surface area contributed by atoms with Crippen LogP contribution in [0.15, 0.2) is 40.9 Å². The highest BCUT2D eigenvalue weighted by molar-refractivity contribution is 9.10. The van der Waals surface area contributed by atoms with Crippen LogP contribution < -0.4 is 11.1 Å². The summed E-state index contributed by atoms with van der Waals surface area (Å²) in [7, 11) is 0. The molecule has 0 aliphatic heterocycles. The molecule has 0 radical (unpaired) electrons. The van der Waals surface area contributed by atoms with E-state index in [1.54, 1.807) is 6.07 Å². The summed E-state index contributed by atoms with van der Waals surface area (Å²) in [4.78, 5) is 0. The van der Waals surface area contributed by atoms with Crippen LogP contribution in [0.25, 0.3) is 0 Å². The van der Waals surface area contributed by atoms with E-state index in [2.05, 4.69) is 21.2 Å². The summed E-state index contributed by atoms with van der Waals surface area (Å²) in [6.45, 7) is 2.01. The number of hydrogen-bond donors (Lipinski definition) is 2. The van der Waals surface area contributed by atoms with Gasteiger partial charge in [-0.25, -0.2) is 4.39 Å². The van der Waals surface area contributed by atoms with Gasteiger partial charge in [0.2, 0.25) is 0 Å². The highest BCUT2D eigenvalue weighted by atomic mass is 79.9. The fraction of sp³-hybridized carbons (Fsp3) is 0.0769. The standard InChI is InChI=1S/C13H12BrFN2/c1-8-2-4-10(14)13(6-8)17-12-5-3-9(15)7-11(12)16/h2-7,17H,16H2,1H3. The Morgan fingerprint density at radius 1 is 1.12 bits per heavy atom. The van der Waals surface area contributed by atoms with Gasteiger partial charge in [-0.15, -0.1) is 0 Å². The third-order valence-electron chi connectivity index (χ3n) is 2.40. The highest BCUT2D eigenvalue weighted by Gasteiger charge is 2.04. The molecule has 2 nitrogen and oxygen atoms in total. The lowest BCUT2D eigenvalue weighted by atomic mass is 10.2. The van der Waals surface area contributed by atoms with Gasteiger partial charge in [0, 0.05) is 4.47 Å². The number of aryl methyl sites for hydroxylation is 1. The van der Waals surface area contributed by atoms with Crippen molar-refractivity contribution in [3.05, 3.63) is 52.3 Å². The summed E-state index contributed by atoms with van der Waals surface area (Å²) in [5.41, 5.74) is 8.86. The van der Waals surface area contributed by atoms with Crippen LogP contribution in [-0.4, -0.2) is 0 Å². The molecule has 0 bridgehead atoms. The summed E-state index contributed by atoms with van der Waals surface area (Å²) < 4.78 is 13.8. The average Bonchev–Trinajstić information content (AvgIpc) is 2.27. The molecule has 0 fully saturated rings. The van der Waals surface area contributed by atoms with Gasteiger partial charge in [0.15, 0.2) is 0 Å². The maximum absolute atomic E-state index is 12.9. The molecule has 2 aromatic carbocycles. The molecule has 2 rings (SSSR count). The quantitative estimate of drug-likeness (QED) is 0.814. The first kappa shape index (κ1) is 11.9. The van der Waals surface area contributed by atoms with E-state index < -0.39 is 0 Å². The Morgan fingerprint density at radius 3 is 2.59 bits per heavy atom. The number of anilines is 3. The van der Waals surface area contributed by atoms with Crippen LogP contribution in [0.4, 0.5) is 21.5 Å². The number of nitrogens with two attached hydrogens (primary N) is 1. The Kier molecular flexibility index (Phi) is 3.33. The van der Waals surface area contributed by atoms with Crippen molar-refractivity contribution in [2.75, 3.05) is 11.1 Å². The van der Waals surface area contributed by atoms with E-state index in [9.17, 15) is 4.39 Å². The van der Waals surface area contributed by atoms with Gasteiger partial charge >= 0.3 is 0 Å². The number of halogens is 2. The van der Waals surface area contributed by atoms with Crippen molar-refractivity contribution in [3.8, 4) is 0 Å². The van der Waals surface area contributed by atoms with Gasteiger partial charge in [0.25, 0.3) is 0 Å². The number of rotatable bonds is 2. The van der Waals surface area contributed by atoms with Gasteiger partial charge in [-0.2, -0.15) is 0 Å².